The molecule has 0 amide bonds. The van der Waals surface area contributed by atoms with Gasteiger partial charge in [0.1, 0.15) is 0 Å². The number of piperidine rings is 1. The second kappa shape index (κ2) is 4.76. The molecule has 1 aliphatic rings. The van der Waals surface area contributed by atoms with E-state index in [0.29, 0.717) is 5.78 Å². The highest BCUT2D eigenvalue weighted by atomic mass is 79.9. The Bertz CT molecular complexity index is 369. The smallest absolute Gasteiger partial charge is 0.167 e. The van der Waals surface area contributed by atoms with Crippen molar-refractivity contribution in [3.63, 3.8) is 0 Å². The minimum absolute atomic E-state index is 0.228. The lowest BCUT2D eigenvalue weighted by molar-refractivity contribution is 0.0895. The lowest BCUT2D eigenvalue weighted by Crippen LogP contribution is -2.31. The Morgan fingerprint density at radius 2 is 2.20 bits per heavy atom. The van der Waals surface area contributed by atoms with Gasteiger partial charge in [0, 0.05) is 16.4 Å². The van der Waals surface area contributed by atoms with Gasteiger partial charge in [-0.1, -0.05) is 0 Å². The third-order valence-electron chi connectivity index (χ3n) is 2.86. The van der Waals surface area contributed by atoms with Gasteiger partial charge in [0.25, 0.3) is 0 Å². The summed E-state index contributed by atoms with van der Waals surface area (Å²) < 4.78 is 1.05. The molecular formula is C11H14BrNOS. The zero-order valence-corrected chi connectivity index (χ0v) is 11.1. The molecule has 1 saturated heterocycles. The Hall–Kier alpha value is -0.190. The van der Waals surface area contributed by atoms with E-state index in [-0.39, 0.29) is 5.92 Å². The monoisotopic (exact) mass is 287 g/mol. The number of thiophene rings is 1. The lowest BCUT2D eigenvalue weighted by atomic mass is 9.90. The van der Waals surface area contributed by atoms with Crippen molar-refractivity contribution >= 4 is 33.0 Å². The predicted molar refractivity (Wildman–Crippen MR) is 66.7 cm³/mol. The molecule has 2 nitrogen and oxygen atoms in total. The van der Waals surface area contributed by atoms with Gasteiger partial charge in [0.2, 0.25) is 0 Å². The lowest BCUT2D eigenvalue weighted by Gasteiger charge is -2.21. The molecule has 0 aliphatic carbocycles. The highest BCUT2D eigenvalue weighted by Crippen LogP contribution is 2.29. The third kappa shape index (κ3) is 2.49. The van der Waals surface area contributed by atoms with E-state index >= 15 is 0 Å². The van der Waals surface area contributed by atoms with E-state index in [1.807, 2.05) is 13.0 Å². The molecule has 2 rings (SSSR count). The minimum Gasteiger partial charge on any atom is -0.317 e. The van der Waals surface area contributed by atoms with Gasteiger partial charge >= 0.3 is 0 Å². The van der Waals surface area contributed by atoms with Crippen LogP contribution in [0.15, 0.2) is 9.85 Å². The molecule has 0 aromatic carbocycles. The maximum Gasteiger partial charge on any atom is 0.167 e. The molecule has 0 atom stereocenters. The first kappa shape index (κ1) is 11.3. The van der Waals surface area contributed by atoms with Gasteiger partial charge in [0.15, 0.2) is 5.78 Å². The van der Waals surface area contributed by atoms with Gasteiger partial charge in [0.05, 0.1) is 3.79 Å². The molecule has 1 fully saturated rings. The molecule has 0 saturated carbocycles. The van der Waals surface area contributed by atoms with Crippen molar-refractivity contribution in [2.75, 3.05) is 13.1 Å². The molecule has 2 heterocycles. The highest BCUT2D eigenvalue weighted by Gasteiger charge is 2.24. The van der Waals surface area contributed by atoms with Crippen molar-refractivity contribution in [2.24, 2.45) is 5.92 Å². The van der Waals surface area contributed by atoms with Crippen LogP contribution in [-0.2, 0) is 0 Å². The van der Waals surface area contributed by atoms with Crippen LogP contribution in [0.2, 0.25) is 0 Å². The van der Waals surface area contributed by atoms with Gasteiger partial charge in [-0.25, -0.2) is 0 Å². The molecule has 0 bridgehead atoms. The van der Waals surface area contributed by atoms with Crippen molar-refractivity contribution in [2.45, 2.75) is 19.8 Å². The average molecular weight is 288 g/mol. The Kier molecular flexibility index (Phi) is 3.59. The summed E-state index contributed by atoms with van der Waals surface area (Å²) in [7, 11) is 0. The highest BCUT2D eigenvalue weighted by molar-refractivity contribution is 9.11. The number of carbonyl (C=O) groups is 1. The van der Waals surface area contributed by atoms with Gasteiger partial charge < -0.3 is 5.32 Å². The topological polar surface area (TPSA) is 29.1 Å². The van der Waals surface area contributed by atoms with Crippen molar-refractivity contribution in [1.82, 2.24) is 5.32 Å². The zero-order chi connectivity index (χ0) is 10.8. The molecule has 1 N–H and O–H groups in total. The first-order valence-electron chi connectivity index (χ1n) is 5.19. The number of hydrogen-bond acceptors (Lipinski definition) is 3. The first-order valence-corrected chi connectivity index (χ1v) is 6.80. The molecule has 1 aromatic heterocycles. The number of halogens is 1. The van der Waals surface area contributed by atoms with E-state index in [4.69, 9.17) is 0 Å². The Morgan fingerprint density at radius 3 is 2.73 bits per heavy atom. The van der Waals surface area contributed by atoms with Gasteiger partial charge in [-0.2, -0.15) is 0 Å². The second-order valence-corrected chi connectivity index (χ2v) is 6.54. The Balaban J connectivity index is 2.16. The number of carbonyl (C=O) groups excluding carboxylic acids is 1. The number of hydrogen-bond donors (Lipinski definition) is 1. The Labute approximate surface area is 102 Å². The van der Waals surface area contributed by atoms with Crippen LogP contribution in [0.1, 0.15) is 28.1 Å². The summed E-state index contributed by atoms with van der Waals surface area (Å²) in [4.78, 5) is 13.3. The minimum atomic E-state index is 0.228. The molecule has 82 valence electrons. The number of ketones is 1. The summed E-state index contributed by atoms with van der Waals surface area (Å²) in [6.07, 6.45) is 1.96. The molecule has 1 aromatic rings. The third-order valence-corrected chi connectivity index (χ3v) is 4.42. The fourth-order valence-electron chi connectivity index (χ4n) is 1.99. The number of rotatable bonds is 2. The van der Waals surface area contributed by atoms with E-state index in [1.54, 1.807) is 11.3 Å². The van der Waals surface area contributed by atoms with Crippen LogP contribution in [-0.4, -0.2) is 18.9 Å². The number of Topliss-reactive ketones (excluding diaryl/α,β-unsaturated/α-hetero) is 1. The van der Waals surface area contributed by atoms with Gasteiger partial charge in [-0.05, 0) is 54.9 Å². The number of aryl methyl sites for hydroxylation is 1. The summed E-state index contributed by atoms with van der Waals surface area (Å²) in [5, 5.41) is 3.28. The van der Waals surface area contributed by atoms with Crippen LogP contribution < -0.4 is 5.32 Å². The molecule has 15 heavy (non-hydrogen) atoms. The van der Waals surface area contributed by atoms with Crippen LogP contribution in [0, 0.1) is 12.8 Å². The second-order valence-electron chi connectivity index (χ2n) is 3.91. The molecule has 4 heteroatoms. The Morgan fingerprint density at radius 1 is 1.53 bits per heavy atom. The quantitative estimate of drug-likeness (QED) is 0.848. The number of nitrogens with one attached hydrogen (secondary N) is 1. The summed E-state index contributed by atoms with van der Waals surface area (Å²) in [5.41, 5.74) is 0.916. The maximum absolute atomic E-state index is 12.2. The van der Waals surface area contributed by atoms with Gasteiger partial charge in [-0.15, -0.1) is 11.3 Å². The predicted octanol–water partition coefficient (Wildman–Crippen LogP) is 3.00. The van der Waals surface area contributed by atoms with Crippen LogP contribution in [0.25, 0.3) is 0 Å². The fraction of sp³-hybridized carbons (Fsp3) is 0.545. The van der Waals surface area contributed by atoms with E-state index in [2.05, 4.69) is 21.2 Å². The first-order chi connectivity index (χ1) is 7.18. The largest absolute Gasteiger partial charge is 0.317 e. The van der Waals surface area contributed by atoms with E-state index in [1.165, 1.54) is 0 Å². The van der Waals surface area contributed by atoms with E-state index < -0.39 is 0 Å². The summed E-state index contributed by atoms with van der Waals surface area (Å²) >= 11 is 5.07. The van der Waals surface area contributed by atoms with Crippen LogP contribution in [0.5, 0.6) is 0 Å². The normalized spacial score (nSPS) is 18.0. The molecule has 0 spiro atoms. The van der Waals surface area contributed by atoms with Crippen LogP contribution >= 0.6 is 27.3 Å². The SMILES string of the molecule is Cc1sc(Br)cc1C(=O)C1CCNCC1. The molecule has 0 radical (unpaired) electrons. The van der Waals surface area contributed by atoms with Crippen molar-refractivity contribution < 1.29 is 4.79 Å². The van der Waals surface area contributed by atoms with Crippen molar-refractivity contribution in [3.8, 4) is 0 Å². The average Bonchev–Trinajstić information content (AvgIpc) is 2.58. The van der Waals surface area contributed by atoms with Crippen molar-refractivity contribution in [1.29, 1.82) is 0 Å². The molecular weight excluding hydrogens is 274 g/mol. The van der Waals surface area contributed by atoms with Crippen LogP contribution in [0.3, 0.4) is 0 Å². The van der Waals surface area contributed by atoms with E-state index in [0.717, 1.165) is 40.2 Å². The standard InChI is InChI=1S/C11H14BrNOS/c1-7-9(6-10(12)15-7)11(14)8-2-4-13-5-3-8/h6,8,13H,2-5H2,1H3. The summed E-state index contributed by atoms with van der Waals surface area (Å²) in [5.74, 6) is 0.558. The summed E-state index contributed by atoms with van der Waals surface area (Å²) in [6, 6.07) is 1.96. The zero-order valence-electron chi connectivity index (χ0n) is 8.68. The maximum atomic E-state index is 12.2. The fourth-order valence-corrected chi connectivity index (χ4v) is 3.69. The van der Waals surface area contributed by atoms with Crippen molar-refractivity contribution in [3.05, 3.63) is 20.3 Å². The van der Waals surface area contributed by atoms with Gasteiger partial charge in [-0.3, -0.25) is 4.79 Å². The van der Waals surface area contributed by atoms with E-state index in [9.17, 15) is 4.79 Å². The summed E-state index contributed by atoms with van der Waals surface area (Å²) in [6.45, 7) is 3.96. The molecule has 0 unspecified atom stereocenters. The molecule has 1 aliphatic heterocycles. The van der Waals surface area contributed by atoms with Crippen LogP contribution in [0.4, 0.5) is 0 Å².